The Labute approximate surface area is 136 Å². The lowest BCUT2D eigenvalue weighted by Gasteiger charge is -2.11. The van der Waals surface area contributed by atoms with E-state index in [1.165, 1.54) is 7.11 Å². The van der Waals surface area contributed by atoms with Crippen molar-refractivity contribution >= 4 is 24.2 Å². The van der Waals surface area contributed by atoms with E-state index in [-0.39, 0.29) is 30.8 Å². The Bertz CT molecular complexity index is 521. The number of carbonyl (C=O) groups is 2. The normalized spacial score (nSPS) is 14.6. The molecule has 1 aliphatic rings. The minimum Gasteiger partial charge on any atom is -0.383 e. The molecule has 1 aromatic carbocycles. The van der Waals surface area contributed by atoms with Crippen molar-refractivity contribution in [3.8, 4) is 0 Å². The predicted octanol–water partition coefficient (Wildman–Crippen LogP) is 0.590. The van der Waals surface area contributed by atoms with Crippen LogP contribution in [0.25, 0.3) is 0 Å². The van der Waals surface area contributed by atoms with Gasteiger partial charge in [-0.1, -0.05) is 12.1 Å². The number of halogens is 1. The summed E-state index contributed by atoms with van der Waals surface area (Å²) in [5.74, 6) is -0.341. The first kappa shape index (κ1) is 18.4. The summed E-state index contributed by atoms with van der Waals surface area (Å²) >= 11 is 0. The SMILES string of the molecule is COCC(N)C(=O)NCc1cccc(C(=O)NC2CC2)c1.Cl. The highest BCUT2D eigenvalue weighted by molar-refractivity contribution is 5.94. The third kappa shape index (κ3) is 5.63. The van der Waals surface area contributed by atoms with Crippen LogP contribution in [0.5, 0.6) is 0 Å². The first-order valence-electron chi connectivity index (χ1n) is 7.02. The molecule has 1 unspecified atom stereocenters. The van der Waals surface area contributed by atoms with E-state index in [0.717, 1.165) is 18.4 Å². The van der Waals surface area contributed by atoms with Gasteiger partial charge >= 0.3 is 0 Å². The Hall–Kier alpha value is -1.63. The number of nitrogens with two attached hydrogens (primary N) is 1. The molecule has 2 amide bonds. The monoisotopic (exact) mass is 327 g/mol. The van der Waals surface area contributed by atoms with Gasteiger partial charge in [-0.2, -0.15) is 0 Å². The van der Waals surface area contributed by atoms with Gasteiger partial charge in [0.1, 0.15) is 6.04 Å². The number of nitrogens with one attached hydrogen (secondary N) is 2. The topological polar surface area (TPSA) is 93.4 Å². The first-order chi connectivity index (χ1) is 10.1. The minimum absolute atomic E-state index is 0. The van der Waals surface area contributed by atoms with Crippen LogP contribution in [0.1, 0.15) is 28.8 Å². The van der Waals surface area contributed by atoms with E-state index in [9.17, 15) is 9.59 Å². The molecule has 4 N–H and O–H groups in total. The van der Waals surface area contributed by atoms with Gasteiger partial charge in [0.15, 0.2) is 0 Å². The Morgan fingerprint density at radius 3 is 2.77 bits per heavy atom. The van der Waals surface area contributed by atoms with E-state index in [2.05, 4.69) is 10.6 Å². The van der Waals surface area contributed by atoms with E-state index >= 15 is 0 Å². The van der Waals surface area contributed by atoms with Crippen molar-refractivity contribution in [1.82, 2.24) is 10.6 Å². The van der Waals surface area contributed by atoms with Crippen LogP contribution in [0.3, 0.4) is 0 Å². The lowest BCUT2D eigenvalue weighted by atomic mass is 10.1. The molecule has 1 atom stereocenters. The van der Waals surface area contributed by atoms with Gasteiger partial charge in [-0.05, 0) is 30.5 Å². The van der Waals surface area contributed by atoms with Crippen LogP contribution in [0.2, 0.25) is 0 Å². The average Bonchev–Trinajstić information content (AvgIpc) is 3.29. The molecule has 0 radical (unpaired) electrons. The third-order valence-electron chi connectivity index (χ3n) is 3.25. The lowest BCUT2D eigenvalue weighted by molar-refractivity contribution is -0.123. The molecule has 122 valence electrons. The summed E-state index contributed by atoms with van der Waals surface area (Å²) in [5.41, 5.74) is 7.09. The standard InChI is InChI=1S/C15H21N3O3.ClH/c1-21-9-13(16)15(20)17-8-10-3-2-4-11(7-10)14(19)18-12-5-6-12;/h2-4,7,12-13H,5-6,8-9,16H2,1H3,(H,17,20)(H,18,19);1H. The van der Waals surface area contributed by atoms with Gasteiger partial charge in [0.05, 0.1) is 6.61 Å². The number of hydrogen-bond donors (Lipinski definition) is 3. The van der Waals surface area contributed by atoms with Gasteiger partial charge in [-0.3, -0.25) is 9.59 Å². The van der Waals surface area contributed by atoms with E-state index < -0.39 is 6.04 Å². The molecule has 0 bridgehead atoms. The quantitative estimate of drug-likeness (QED) is 0.683. The fourth-order valence-corrected chi connectivity index (χ4v) is 1.89. The number of rotatable bonds is 7. The van der Waals surface area contributed by atoms with Gasteiger partial charge in [0, 0.05) is 25.3 Å². The number of benzene rings is 1. The largest absolute Gasteiger partial charge is 0.383 e. The van der Waals surface area contributed by atoms with Crippen LogP contribution in [-0.4, -0.2) is 37.6 Å². The molecule has 0 saturated heterocycles. The van der Waals surface area contributed by atoms with Crippen LogP contribution >= 0.6 is 12.4 Å². The van der Waals surface area contributed by atoms with Crippen LogP contribution in [0.15, 0.2) is 24.3 Å². The molecule has 1 aliphatic carbocycles. The Morgan fingerprint density at radius 2 is 2.14 bits per heavy atom. The lowest BCUT2D eigenvalue weighted by Crippen LogP contribution is -2.43. The summed E-state index contributed by atoms with van der Waals surface area (Å²) in [6.45, 7) is 0.510. The number of hydrogen-bond acceptors (Lipinski definition) is 4. The molecule has 0 spiro atoms. The second-order valence-electron chi connectivity index (χ2n) is 5.23. The average molecular weight is 328 g/mol. The summed E-state index contributed by atoms with van der Waals surface area (Å²) in [6, 6.07) is 6.85. The Balaban J connectivity index is 0.00000242. The highest BCUT2D eigenvalue weighted by atomic mass is 35.5. The molecule has 0 aromatic heterocycles. The molecule has 0 aliphatic heterocycles. The van der Waals surface area contributed by atoms with Gasteiger partial charge < -0.3 is 21.1 Å². The molecule has 7 heteroatoms. The molecule has 6 nitrogen and oxygen atoms in total. The van der Waals surface area contributed by atoms with Crippen molar-refractivity contribution in [2.24, 2.45) is 5.73 Å². The van der Waals surface area contributed by atoms with Crippen molar-refractivity contribution < 1.29 is 14.3 Å². The highest BCUT2D eigenvalue weighted by Crippen LogP contribution is 2.19. The van der Waals surface area contributed by atoms with E-state index in [0.29, 0.717) is 18.2 Å². The summed E-state index contributed by atoms with van der Waals surface area (Å²) < 4.78 is 4.83. The molecule has 1 saturated carbocycles. The van der Waals surface area contributed by atoms with E-state index in [1.807, 2.05) is 6.07 Å². The van der Waals surface area contributed by atoms with Gasteiger partial charge in [0.2, 0.25) is 5.91 Å². The second kappa shape index (κ2) is 8.73. The van der Waals surface area contributed by atoms with Gasteiger partial charge in [-0.15, -0.1) is 12.4 Å². The first-order valence-corrected chi connectivity index (χ1v) is 7.02. The summed E-state index contributed by atoms with van der Waals surface area (Å²) in [5, 5.41) is 5.66. The maximum absolute atomic E-state index is 11.9. The molecule has 1 aromatic rings. The number of methoxy groups -OCH3 is 1. The maximum Gasteiger partial charge on any atom is 0.251 e. The summed E-state index contributed by atoms with van der Waals surface area (Å²) in [6.07, 6.45) is 2.11. The zero-order valence-corrected chi connectivity index (χ0v) is 13.3. The summed E-state index contributed by atoms with van der Waals surface area (Å²) in [4.78, 5) is 23.6. The van der Waals surface area contributed by atoms with Crippen molar-refractivity contribution in [2.75, 3.05) is 13.7 Å². The number of amides is 2. The fourth-order valence-electron chi connectivity index (χ4n) is 1.89. The Kier molecular flexibility index (Phi) is 7.31. The van der Waals surface area contributed by atoms with E-state index in [1.54, 1.807) is 18.2 Å². The number of carbonyl (C=O) groups excluding carboxylic acids is 2. The molecular formula is C15H22ClN3O3. The van der Waals surface area contributed by atoms with Crippen LogP contribution in [-0.2, 0) is 16.1 Å². The number of ether oxygens (including phenoxy) is 1. The minimum atomic E-state index is -0.684. The van der Waals surface area contributed by atoms with Crippen LogP contribution in [0, 0.1) is 0 Å². The summed E-state index contributed by atoms with van der Waals surface area (Å²) in [7, 11) is 1.50. The van der Waals surface area contributed by atoms with E-state index in [4.69, 9.17) is 10.5 Å². The Morgan fingerprint density at radius 1 is 1.41 bits per heavy atom. The third-order valence-corrected chi connectivity index (χ3v) is 3.25. The smallest absolute Gasteiger partial charge is 0.251 e. The highest BCUT2D eigenvalue weighted by Gasteiger charge is 2.23. The van der Waals surface area contributed by atoms with Crippen LogP contribution < -0.4 is 16.4 Å². The van der Waals surface area contributed by atoms with Crippen molar-refractivity contribution in [2.45, 2.75) is 31.5 Å². The fraction of sp³-hybridized carbons (Fsp3) is 0.467. The second-order valence-corrected chi connectivity index (χ2v) is 5.23. The van der Waals surface area contributed by atoms with Crippen LogP contribution in [0.4, 0.5) is 0 Å². The van der Waals surface area contributed by atoms with Crippen molar-refractivity contribution in [3.63, 3.8) is 0 Å². The molecule has 1 fully saturated rings. The van der Waals surface area contributed by atoms with Crippen molar-refractivity contribution in [3.05, 3.63) is 35.4 Å². The zero-order valence-electron chi connectivity index (χ0n) is 12.5. The van der Waals surface area contributed by atoms with Crippen molar-refractivity contribution in [1.29, 1.82) is 0 Å². The maximum atomic E-state index is 11.9. The van der Waals surface area contributed by atoms with Gasteiger partial charge in [-0.25, -0.2) is 0 Å². The molecule has 0 heterocycles. The molecule has 22 heavy (non-hydrogen) atoms. The zero-order chi connectivity index (χ0) is 15.2. The van der Waals surface area contributed by atoms with Gasteiger partial charge in [0.25, 0.3) is 5.91 Å². The molecular weight excluding hydrogens is 306 g/mol. The molecule has 2 rings (SSSR count). The predicted molar refractivity (Wildman–Crippen MR) is 85.9 cm³/mol.